The highest BCUT2D eigenvalue weighted by Crippen LogP contribution is 2.20. The molecule has 2 heterocycles. The number of anilines is 1. The first kappa shape index (κ1) is 11.7. The molecule has 92 valence electrons. The molecule has 1 fully saturated rings. The van der Waals surface area contributed by atoms with Crippen LogP contribution in [0.2, 0.25) is 0 Å². The van der Waals surface area contributed by atoms with Gasteiger partial charge in [-0.15, -0.1) is 0 Å². The topological polar surface area (TPSA) is 84.0 Å². The Bertz CT molecular complexity index is 422. The molecule has 1 unspecified atom stereocenters. The van der Waals surface area contributed by atoms with Gasteiger partial charge in [-0.1, -0.05) is 5.16 Å². The van der Waals surface area contributed by atoms with Crippen molar-refractivity contribution >= 4 is 11.5 Å². The predicted molar refractivity (Wildman–Crippen MR) is 64.3 cm³/mol. The molecule has 0 saturated carbocycles. The number of ether oxygens (including phenoxy) is 1. The van der Waals surface area contributed by atoms with E-state index in [4.69, 9.17) is 15.7 Å². The second-order valence-corrected chi connectivity index (χ2v) is 3.99. The summed E-state index contributed by atoms with van der Waals surface area (Å²) >= 11 is 0. The van der Waals surface area contributed by atoms with Gasteiger partial charge in [-0.3, -0.25) is 4.98 Å². The number of aromatic nitrogens is 1. The average molecular weight is 236 g/mol. The zero-order valence-electron chi connectivity index (χ0n) is 9.71. The van der Waals surface area contributed by atoms with Crippen LogP contribution in [0.3, 0.4) is 0 Å². The molecular formula is C11H16N4O2. The van der Waals surface area contributed by atoms with E-state index < -0.39 is 0 Å². The Labute approximate surface area is 99.7 Å². The lowest BCUT2D eigenvalue weighted by Gasteiger charge is -2.34. The van der Waals surface area contributed by atoms with Gasteiger partial charge in [0.1, 0.15) is 6.10 Å². The highest BCUT2D eigenvalue weighted by atomic mass is 16.5. The van der Waals surface area contributed by atoms with Crippen LogP contribution >= 0.6 is 0 Å². The van der Waals surface area contributed by atoms with E-state index in [9.17, 15) is 0 Å². The lowest BCUT2D eigenvalue weighted by Crippen LogP contribution is -2.48. The number of morpholine rings is 1. The van der Waals surface area contributed by atoms with Gasteiger partial charge in [0.2, 0.25) is 0 Å². The van der Waals surface area contributed by atoms with Crippen LogP contribution in [-0.4, -0.2) is 41.8 Å². The van der Waals surface area contributed by atoms with Gasteiger partial charge in [-0.25, -0.2) is 0 Å². The Kier molecular flexibility index (Phi) is 3.43. The first-order chi connectivity index (χ1) is 8.22. The largest absolute Gasteiger partial charge is 0.409 e. The molecule has 0 aliphatic carbocycles. The highest BCUT2D eigenvalue weighted by Gasteiger charge is 2.24. The molecule has 3 N–H and O–H groups in total. The molecule has 6 heteroatoms. The summed E-state index contributed by atoms with van der Waals surface area (Å²) in [6, 6.07) is 1.96. The van der Waals surface area contributed by atoms with Crippen LogP contribution < -0.4 is 10.6 Å². The standard InChI is InChI=1S/C11H16N4O2/c1-8-6-13-3-2-9(8)15-4-5-17-10(7-15)11(12)14-16/h2-3,6,10,16H,4-5,7H2,1H3,(H2,12,14). The number of rotatable bonds is 2. The first-order valence-corrected chi connectivity index (χ1v) is 5.47. The van der Waals surface area contributed by atoms with Crippen molar-refractivity contribution in [3.05, 3.63) is 24.0 Å². The molecule has 2 rings (SSSR count). The highest BCUT2D eigenvalue weighted by molar-refractivity contribution is 5.85. The number of amidine groups is 1. The van der Waals surface area contributed by atoms with Crippen LogP contribution in [0.4, 0.5) is 5.69 Å². The Morgan fingerprint density at radius 1 is 1.71 bits per heavy atom. The number of aryl methyl sites for hydroxylation is 1. The van der Waals surface area contributed by atoms with Crippen LogP contribution in [0.5, 0.6) is 0 Å². The molecule has 0 spiro atoms. The van der Waals surface area contributed by atoms with Crippen molar-refractivity contribution in [1.29, 1.82) is 0 Å². The third-order valence-corrected chi connectivity index (χ3v) is 2.84. The second-order valence-electron chi connectivity index (χ2n) is 3.99. The van der Waals surface area contributed by atoms with Gasteiger partial charge in [-0.2, -0.15) is 0 Å². The van der Waals surface area contributed by atoms with E-state index in [1.807, 2.05) is 19.2 Å². The van der Waals surface area contributed by atoms with Crippen molar-refractivity contribution < 1.29 is 9.94 Å². The summed E-state index contributed by atoms with van der Waals surface area (Å²) in [6.45, 7) is 3.94. The molecule has 1 aromatic heterocycles. The third kappa shape index (κ3) is 2.47. The fourth-order valence-electron chi connectivity index (χ4n) is 1.93. The van der Waals surface area contributed by atoms with Crippen molar-refractivity contribution in [2.45, 2.75) is 13.0 Å². The van der Waals surface area contributed by atoms with Crippen molar-refractivity contribution in [3.63, 3.8) is 0 Å². The van der Waals surface area contributed by atoms with E-state index in [1.54, 1.807) is 6.20 Å². The van der Waals surface area contributed by atoms with Crippen LogP contribution in [0.15, 0.2) is 23.6 Å². The Balaban J connectivity index is 2.15. The number of nitrogens with zero attached hydrogens (tertiary/aromatic N) is 3. The molecule has 0 amide bonds. The summed E-state index contributed by atoms with van der Waals surface area (Å²) in [7, 11) is 0. The maximum atomic E-state index is 8.65. The fraction of sp³-hybridized carbons (Fsp3) is 0.455. The molecular weight excluding hydrogens is 220 g/mol. The molecule has 17 heavy (non-hydrogen) atoms. The van der Waals surface area contributed by atoms with Gasteiger partial charge in [0.15, 0.2) is 5.84 Å². The maximum Gasteiger partial charge on any atom is 0.170 e. The van der Waals surface area contributed by atoms with Gasteiger partial charge < -0.3 is 20.6 Å². The number of hydrogen-bond donors (Lipinski definition) is 2. The van der Waals surface area contributed by atoms with Gasteiger partial charge in [-0.05, 0) is 18.6 Å². The van der Waals surface area contributed by atoms with Gasteiger partial charge in [0, 0.05) is 24.6 Å². The van der Waals surface area contributed by atoms with E-state index in [-0.39, 0.29) is 11.9 Å². The van der Waals surface area contributed by atoms with Gasteiger partial charge in [0.25, 0.3) is 0 Å². The lowest BCUT2D eigenvalue weighted by atomic mass is 10.2. The smallest absolute Gasteiger partial charge is 0.170 e. The zero-order chi connectivity index (χ0) is 12.3. The molecule has 1 aliphatic heterocycles. The molecule has 1 atom stereocenters. The van der Waals surface area contributed by atoms with Crippen LogP contribution in [0, 0.1) is 6.92 Å². The molecule has 6 nitrogen and oxygen atoms in total. The average Bonchev–Trinajstić information content (AvgIpc) is 2.38. The summed E-state index contributed by atoms with van der Waals surface area (Å²) in [5, 5.41) is 11.6. The van der Waals surface area contributed by atoms with Gasteiger partial charge >= 0.3 is 0 Å². The minimum absolute atomic E-state index is 0.112. The number of hydrogen-bond acceptors (Lipinski definition) is 5. The van der Waals surface area contributed by atoms with E-state index in [0.29, 0.717) is 13.2 Å². The third-order valence-electron chi connectivity index (χ3n) is 2.84. The van der Waals surface area contributed by atoms with Crippen molar-refractivity contribution in [1.82, 2.24) is 4.98 Å². The number of oxime groups is 1. The normalized spacial score (nSPS) is 21.6. The summed E-state index contributed by atoms with van der Waals surface area (Å²) in [4.78, 5) is 6.22. The monoisotopic (exact) mass is 236 g/mol. The lowest BCUT2D eigenvalue weighted by molar-refractivity contribution is 0.0806. The molecule has 0 radical (unpaired) electrons. The summed E-state index contributed by atoms with van der Waals surface area (Å²) < 4.78 is 5.45. The number of pyridine rings is 1. The minimum atomic E-state index is -0.360. The fourth-order valence-corrected chi connectivity index (χ4v) is 1.93. The Morgan fingerprint density at radius 2 is 2.53 bits per heavy atom. The first-order valence-electron chi connectivity index (χ1n) is 5.47. The summed E-state index contributed by atoms with van der Waals surface area (Å²) in [5.41, 5.74) is 7.78. The second kappa shape index (κ2) is 5.01. The Hall–Kier alpha value is -1.82. The van der Waals surface area contributed by atoms with E-state index in [0.717, 1.165) is 17.8 Å². The van der Waals surface area contributed by atoms with E-state index >= 15 is 0 Å². The quantitative estimate of drug-likeness (QED) is 0.335. The SMILES string of the molecule is Cc1cnccc1N1CCOC(C(N)=NO)C1. The Morgan fingerprint density at radius 3 is 3.24 bits per heavy atom. The molecule has 1 aliphatic rings. The molecule has 1 aromatic rings. The van der Waals surface area contributed by atoms with Crippen LogP contribution in [-0.2, 0) is 4.74 Å². The van der Waals surface area contributed by atoms with E-state index in [1.165, 1.54) is 0 Å². The zero-order valence-corrected chi connectivity index (χ0v) is 9.71. The molecule has 0 bridgehead atoms. The van der Waals surface area contributed by atoms with Crippen molar-refractivity contribution in [2.24, 2.45) is 10.9 Å². The van der Waals surface area contributed by atoms with E-state index in [2.05, 4.69) is 15.0 Å². The predicted octanol–water partition coefficient (Wildman–Crippen LogP) is 0.342. The van der Waals surface area contributed by atoms with Gasteiger partial charge in [0.05, 0.1) is 13.2 Å². The molecule has 1 saturated heterocycles. The summed E-state index contributed by atoms with van der Waals surface area (Å²) in [6.07, 6.45) is 3.22. The number of nitrogens with two attached hydrogens (primary N) is 1. The van der Waals surface area contributed by atoms with Crippen molar-refractivity contribution in [3.8, 4) is 0 Å². The van der Waals surface area contributed by atoms with Crippen molar-refractivity contribution in [2.75, 3.05) is 24.6 Å². The molecule has 0 aromatic carbocycles. The maximum absolute atomic E-state index is 8.65. The van der Waals surface area contributed by atoms with Crippen LogP contribution in [0.25, 0.3) is 0 Å². The van der Waals surface area contributed by atoms with Crippen LogP contribution in [0.1, 0.15) is 5.56 Å². The summed E-state index contributed by atoms with van der Waals surface area (Å²) in [5.74, 6) is 0.112. The minimum Gasteiger partial charge on any atom is -0.409 e.